The first-order valence-electron chi connectivity index (χ1n) is 3.59. The highest BCUT2D eigenvalue weighted by molar-refractivity contribution is 7.10. The van der Waals surface area contributed by atoms with Gasteiger partial charge in [0.05, 0.1) is 5.70 Å². The second-order valence-corrected chi connectivity index (χ2v) is 3.53. The summed E-state index contributed by atoms with van der Waals surface area (Å²) in [5.41, 5.74) is 4.22. The zero-order valence-electron chi connectivity index (χ0n) is 6.00. The molecular formula is C8H9NOS. The fourth-order valence-electron chi connectivity index (χ4n) is 1.34. The Balaban J connectivity index is 2.45. The molecule has 0 fully saturated rings. The molecule has 0 spiro atoms. The molecular weight excluding hydrogens is 158 g/mol. The highest BCUT2D eigenvalue weighted by Gasteiger charge is 2.12. The lowest BCUT2D eigenvalue weighted by atomic mass is 10.0. The smallest absolute Gasteiger partial charge is 0.0645 e. The molecule has 0 saturated heterocycles. The molecule has 1 aromatic rings. The number of fused-ring (bicyclic) bond motifs is 1. The van der Waals surface area contributed by atoms with Crippen LogP contribution in [0.25, 0.3) is 5.70 Å². The first-order valence-corrected chi connectivity index (χ1v) is 4.47. The summed E-state index contributed by atoms with van der Waals surface area (Å²) in [6.07, 6.45) is 4.16. The van der Waals surface area contributed by atoms with E-state index in [1.54, 1.807) is 11.3 Å². The SMILES string of the molecule is ONC1=CCCc2sccc21. The normalized spacial score (nSPS) is 15.5. The summed E-state index contributed by atoms with van der Waals surface area (Å²) in [6, 6.07) is 2.04. The van der Waals surface area contributed by atoms with Crippen molar-refractivity contribution in [2.75, 3.05) is 0 Å². The standard InChI is InChI=1S/C8H9NOS/c10-9-7-2-1-3-8-6(7)4-5-11-8/h2,4-5,9-10H,1,3H2. The number of aryl methyl sites for hydroxylation is 1. The van der Waals surface area contributed by atoms with Crippen LogP contribution in [-0.2, 0) is 6.42 Å². The number of hydrogen-bond donors (Lipinski definition) is 2. The van der Waals surface area contributed by atoms with Crippen LogP contribution < -0.4 is 5.48 Å². The molecule has 1 aliphatic carbocycles. The number of rotatable bonds is 1. The van der Waals surface area contributed by atoms with E-state index >= 15 is 0 Å². The van der Waals surface area contributed by atoms with Crippen LogP contribution in [0.2, 0.25) is 0 Å². The number of nitrogens with one attached hydrogen (secondary N) is 1. The van der Waals surface area contributed by atoms with Gasteiger partial charge in [0.1, 0.15) is 0 Å². The number of hydroxylamine groups is 1. The quantitative estimate of drug-likeness (QED) is 0.627. The summed E-state index contributed by atoms with van der Waals surface area (Å²) < 4.78 is 0. The molecule has 0 atom stereocenters. The van der Waals surface area contributed by atoms with Gasteiger partial charge >= 0.3 is 0 Å². The topological polar surface area (TPSA) is 32.3 Å². The van der Waals surface area contributed by atoms with Gasteiger partial charge in [0.15, 0.2) is 0 Å². The molecule has 0 aromatic carbocycles. The van der Waals surface area contributed by atoms with E-state index in [-0.39, 0.29) is 0 Å². The van der Waals surface area contributed by atoms with Crippen molar-refractivity contribution in [3.8, 4) is 0 Å². The minimum Gasteiger partial charge on any atom is -0.291 e. The summed E-state index contributed by atoms with van der Waals surface area (Å²) >= 11 is 1.75. The number of thiophene rings is 1. The fourth-order valence-corrected chi connectivity index (χ4v) is 2.25. The Labute approximate surface area is 69.1 Å². The van der Waals surface area contributed by atoms with E-state index in [9.17, 15) is 0 Å². The van der Waals surface area contributed by atoms with Gasteiger partial charge in [-0.2, -0.15) is 0 Å². The Hall–Kier alpha value is -0.800. The Kier molecular flexibility index (Phi) is 1.68. The first kappa shape index (κ1) is 6.88. The second-order valence-electron chi connectivity index (χ2n) is 2.53. The Morgan fingerprint density at radius 1 is 1.55 bits per heavy atom. The van der Waals surface area contributed by atoms with E-state index in [1.807, 2.05) is 12.1 Å². The molecule has 0 saturated carbocycles. The van der Waals surface area contributed by atoms with E-state index < -0.39 is 0 Å². The van der Waals surface area contributed by atoms with E-state index in [0.29, 0.717) is 0 Å². The van der Waals surface area contributed by atoms with Crippen molar-refractivity contribution >= 4 is 17.0 Å². The number of allylic oxidation sites excluding steroid dienone is 1. The highest BCUT2D eigenvalue weighted by atomic mass is 32.1. The van der Waals surface area contributed by atoms with Gasteiger partial charge in [-0.05, 0) is 24.3 Å². The summed E-state index contributed by atoms with van der Waals surface area (Å²) in [5.74, 6) is 0. The van der Waals surface area contributed by atoms with Crippen molar-refractivity contribution in [3.63, 3.8) is 0 Å². The van der Waals surface area contributed by atoms with Crippen molar-refractivity contribution in [3.05, 3.63) is 28.0 Å². The predicted molar refractivity (Wildman–Crippen MR) is 45.5 cm³/mol. The molecule has 2 N–H and O–H groups in total. The lowest BCUT2D eigenvalue weighted by molar-refractivity contribution is 0.224. The summed E-state index contributed by atoms with van der Waals surface area (Å²) in [7, 11) is 0. The lowest BCUT2D eigenvalue weighted by Gasteiger charge is -2.11. The molecule has 2 rings (SSSR count). The van der Waals surface area contributed by atoms with Crippen molar-refractivity contribution in [1.82, 2.24) is 5.48 Å². The monoisotopic (exact) mass is 167 g/mol. The maximum Gasteiger partial charge on any atom is 0.0645 e. The van der Waals surface area contributed by atoms with Gasteiger partial charge in [0.25, 0.3) is 0 Å². The van der Waals surface area contributed by atoms with Crippen LogP contribution in [0.1, 0.15) is 16.9 Å². The molecule has 1 aliphatic rings. The highest BCUT2D eigenvalue weighted by Crippen LogP contribution is 2.28. The molecule has 0 radical (unpaired) electrons. The van der Waals surface area contributed by atoms with Crippen LogP contribution in [0.3, 0.4) is 0 Å². The molecule has 1 aromatic heterocycles. The van der Waals surface area contributed by atoms with E-state index in [2.05, 4.69) is 10.9 Å². The third kappa shape index (κ3) is 1.06. The van der Waals surface area contributed by atoms with Crippen LogP contribution in [0.5, 0.6) is 0 Å². The minimum atomic E-state index is 0.854. The molecule has 0 aliphatic heterocycles. The molecule has 1 heterocycles. The zero-order valence-corrected chi connectivity index (χ0v) is 6.82. The van der Waals surface area contributed by atoms with Crippen molar-refractivity contribution in [2.24, 2.45) is 0 Å². The van der Waals surface area contributed by atoms with Gasteiger partial charge in [0.2, 0.25) is 0 Å². The van der Waals surface area contributed by atoms with E-state index in [1.165, 1.54) is 4.88 Å². The van der Waals surface area contributed by atoms with Gasteiger partial charge in [-0.1, -0.05) is 6.08 Å². The molecule has 58 valence electrons. The van der Waals surface area contributed by atoms with Crippen LogP contribution in [0.4, 0.5) is 0 Å². The summed E-state index contributed by atoms with van der Waals surface area (Å²) in [4.78, 5) is 1.36. The van der Waals surface area contributed by atoms with Gasteiger partial charge in [-0.25, -0.2) is 0 Å². The van der Waals surface area contributed by atoms with Crippen LogP contribution in [-0.4, -0.2) is 5.21 Å². The average molecular weight is 167 g/mol. The summed E-state index contributed by atoms with van der Waals surface area (Å²) in [5, 5.41) is 10.8. The lowest BCUT2D eigenvalue weighted by Crippen LogP contribution is -2.09. The molecule has 0 amide bonds. The third-order valence-electron chi connectivity index (χ3n) is 1.88. The van der Waals surface area contributed by atoms with Gasteiger partial charge in [0, 0.05) is 10.4 Å². The average Bonchev–Trinajstić information content (AvgIpc) is 2.50. The van der Waals surface area contributed by atoms with Crippen LogP contribution in [0, 0.1) is 0 Å². The zero-order chi connectivity index (χ0) is 7.68. The van der Waals surface area contributed by atoms with Crippen LogP contribution in [0.15, 0.2) is 17.5 Å². The fraction of sp³-hybridized carbons (Fsp3) is 0.250. The maximum absolute atomic E-state index is 8.74. The largest absolute Gasteiger partial charge is 0.291 e. The van der Waals surface area contributed by atoms with Gasteiger partial charge in [-0.3, -0.25) is 10.7 Å². The molecule has 0 unspecified atom stereocenters. The van der Waals surface area contributed by atoms with Gasteiger partial charge in [-0.15, -0.1) is 11.3 Å². The van der Waals surface area contributed by atoms with Gasteiger partial charge < -0.3 is 0 Å². The summed E-state index contributed by atoms with van der Waals surface area (Å²) in [6.45, 7) is 0. The molecule has 0 bridgehead atoms. The molecule has 2 nitrogen and oxygen atoms in total. The number of hydrogen-bond acceptors (Lipinski definition) is 3. The third-order valence-corrected chi connectivity index (χ3v) is 2.86. The first-order chi connectivity index (χ1) is 5.42. The predicted octanol–water partition coefficient (Wildman–Crippen LogP) is 2.01. The Morgan fingerprint density at radius 2 is 2.45 bits per heavy atom. The van der Waals surface area contributed by atoms with Crippen molar-refractivity contribution in [1.29, 1.82) is 0 Å². The molecule has 11 heavy (non-hydrogen) atoms. The minimum absolute atomic E-state index is 0.854. The van der Waals surface area contributed by atoms with Crippen molar-refractivity contribution in [2.45, 2.75) is 12.8 Å². The van der Waals surface area contributed by atoms with Crippen molar-refractivity contribution < 1.29 is 5.21 Å². The second kappa shape index (κ2) is 2.68. The van der Waals surface area contributed by atoms with E-state index in [0.717, 1.165) is 24.1 Å². The van der Waals surface area contributed by atoms with Crippen LogP contribution >= 0.6 is 11.3 Å². The Morgan fingerprint density at radius 3 is 3.27 bits per heavy atom. The maximum atomic E-state index is 8.74. The van der Waals surface area contributed by atoms with E-state index in [4.69, 9.17) is 5.21 Å². The Bertz CT molecular complexity index is 290. The molecule has 3 heteroatoms.